The van der Waals surface area contributed by atoms with Gasteiger partial charge < -0.3 is 15.7 Å². The molecule has 0 unspecified atom stereocenters. The van der Waals surface area contributed by atoms with Gasteiger partial charge in [-0.2, -0.15) is 9.64 Å². The van der Waals surface area contributed by atoms with E-state index in [9.17, 15) is 9.90 Å². The number of carbonyl (C=O) groups is 1. The first-order valence-electron chi connectivity index (χ1n) is 6.99. The van der Waals surface area contributed by atoms with Crippen LogP contribution < -0.4 is 10.6 Å². The smallest absolute Gasteiger partial charge is 0.255 e. The molecule has 0 saturated carbocycles. The number of aromatic nitrogens is 1. The van der Waals surface area contributed by atoms with Crippen molar-refractivity contribution >= 4 is 33.8 Å². The zero-order valence-corrected chi connectivity index (χ0v) is 13.2. The highest BCUT2D eigenvalue weighted by atomic mass is 32.1. The average molecular weight is 336 g/mol. The van der Waals surface area contributed by atoms with Crippen LogP contribution >= 0.6 is 11.5 Å². The van der Waals surface area contributed by atoms with E-state index in [4.69, 9.17) is 5.26 Å². The summed E-state index contributed by atoms with van der Waals surface area (Å²) in [5.74, 6) is -0.496. The highest BCUT2D eigenvalue weighted by Crippen LogP contribution is 2.31. The van der Waals surface area contributed by atoms with Crippen LogP contribution in [0.25, 0.3) is 0 Å². The fraction of sp³-hybridized carbons (Fsp3) is 0. The van der Waals surface area contributed by atoms with Crippen molar-refractivity contribution in [3.05, 3.63) is 65.7 Å². The second-order valence-electron chi connectivity index (χ2n) is 4.84. The number of aromatic hydroxyl groups is 1. The molecule has 0 spiro atoms. The van der Waals surface area contributed by atoms with Gasteiger partial charge in [0.1, 0.15) is 11.1 Å². The van der Waals surface area contributed by atoms with Crippen molar-refractivity contribution in [1.82, 2.24) is 4.37 Å². The van der Waals surface area contributed by atoms with E-state index in [0.717, 1.165) is 17.2 Å². The van der Waals surface area contributed by atoms with E-state index < -0.39 is 0 Å². The fourth-order valence-electron chi connectivity index (χ4n) is 2.03. The Balaban J connectivity index is 1.71. The summed E-state index contributed by atoms with van der Waals surface area (Å²) in [7, 11) is 0. The van der Waals surface area contributed by atoms with Gasteiger partial charge in [-0.25, -0.2) is 0 Å². The average Bonchev–Trinajstić information content (AvgIpc) is 2.96. The summed E-state index contributed by atoms with van der Waals surface area (Å²) >= 11 is 0.995. The number of nitrogens with zero attached hydrogens (tertiary/aromatic N) is 2. The van der Waals surface area contributed by atoms with Crippen LogP contribution in [0.2, 0.25) is 0 Å². The zero-order chi connectivity index (χ0) is 16.9. The maximum absolute atomic E-state index is 12.2. The molecular formula is C17H12N4O2S. The van der Waals surface area contributed by atoms with Gasteiger partial charge in [0.2, 0.25) is 5.88 Å². The molecular weight excluding hydrogens is 324 g/mol. The minimum Gasteiger partial charge on any atom is -0.492 e. The molecule has 6 nitrogen and oxygen atoms in total. The molecule has 0 aliphatic rings. The Hall–Kier alpha value is -3.37. The number of rotatable bonds is 4. The van der Waals surface area contributed by atoms with Gasteiger partial charge in [-0.1, -0.05) is 18.2 Å². The minimum atomic E-state index is -0.288. The Labute approximate surface area is 142 Å². The van der Waals surface area contributed by atoms with Gasteiger partial charge in [-0.3, -0.25) is 4.79 Å². The minimum absolute atomic E-state index is 0.103. The Morgan fingerprint density at radius 1 is 1.08 bits per heavy atom. The standard InChI is InChI=1S/C17H12N4O2S/c18-10-14-16(23)21-24-17(14)20-13-8-6-11(7-9-13)15(22)19-12-4-2-1-3-5-12/h1-9,20H,(H,19,22)(H,21,23). The van der Waals surface area contributed by atoms with E-state index >= 15 is 0 Å². The van der Waals surface area contributed by atoms with Crippen LogP contribution in [-0.2, 0) is 0 Å². The molecule has 3 aromatic rings. The Bertz CT molecular complexity index is 899. The molecule has 7 heteroatoms. The molecule has 3 N–H and O–H groups in total. The van der Waals surface area contributed by atoms with Crippen LogP contribution in [0.5, 0.6) is 5.88 Å². The van der Waals surface area contributed by atoms with Crippen molar-refractivity contribution in [2.45, 2.75) is 0 Å². The lowest BCUT2D eigenvalue weighted by Gasteiger charge is -2.07. The molecule has 0 fully saturated rings. The van der Waals surface area contributed by atoms with Crippen LogP contribution in [0.3, 0.4) is 0 Å². The second-order valence-corrected chi connectivity index (χ2v) is 5.62. The van der Waals surface area contributed by atoms with Crippen LogP contribution in [0.15, 0.2) is 54.6 Å². The van der Waals surface area contributed by atoms with E-state index in [1.54, 1.807) is 24.3 Å². The van der Waals surface area contributed by atoms with Crippen LogP contribution in [0.4, 0.5) is 16.4 Å². The summed E-state index contributed by atoms with van der Waals surface area (Å²) in [6.07, 6.45) is 0. The lowest BCUT2D eigenvalue weighted by Crippen LogP contribution is -2.11. The Kier molecular flexibility index (Phi) is 4.40. The molecule has 0 aliphatic heterocycles. The molecule has 0 atom stereocenters. The van der Waals surface area contributed by atoms with Crippen molar-refractivity contribution in [1.29, 1.82) is 5.26 Å². The number of carbonyl (C=O) groups excluding carboxylic acids is 1. The first-order valence-corrected chi connectivity index (χ1v) is 7.77. The SMILES string of the molecule is N#Cc1c(O)nsc1Nc1ccc(C(=O)Nc2ccccc2)cc1. The molecule has 1 aromatic heterocycles. The third-order valence-corrected chi connectivity index (χ3v) is 3.98. The molecule has 3 rings (SSSR count). The van der Waals surface area contributed by atoms with Crippen molar-refractivity contribution < 1.29 is 9.90 Å². The van der Waals surface area contributed by atoms with E-state index in [2.05, 4.69) is 15.0 Å². The molecule has 1 heterocycles. The van der Waals surface area contributed by atoms with Crippen LogP contribution in [0, 0.1) is 11.3 Å². The maximum Gasteiger partial charge on any atom is 0.255 e. The van der Waals surface area contributed by atoms with E-state index in [-0.39, 0.29) is 17.4 Å². The predicted octanol–water partition coefficient (Wildman–Crippen LogP) is 3.72. The van der Waals surface area contributed by atoms with Crippen molar-refractivity contribution in [2.24, 2.45) is 0 Å². The summed E-state index contributed by atoms with van der Waals surface area (Å²) in [5, 5.41) is 24.7. The van der Waals surface area contributed by atoms with Crippen molar-refractivity contribution in [3.8, 4) is 11.9 Å². The molecule has 0 bridgehead atoms. The van der Waals surface area contributed by atoms with Gasteiger partial charge in [-0.05, 0) is 47.9 Å². The Morgan fingerprint density at radius 3 is 2.46 bits per heavy atom. The van der Waals surface area contributed by atoms with Crippen LogP contribution in [-0.4, -0.2) is 15.4 Å². The van der Waals surface area contributed by atoms with Crippen molar-refractivity contribution in [2.75, 3.05) is 10.6 Å². The molecule has 118 valence electrons. The number of nitriles is 1. The largest absolute Gasteiger partial charge is 0.492 e. The predicted molar refractivity (Wildman–Crippen MR) is 92.6 cm³/mol. The summed E-state index contributed by atoms with van der Waals surface area (Å²) < 4.78 is 3.72. The van der Waals surface area contributed by atoms with Crippen LogP contribution in [0.1, 0.15) is 15.9 Å². The fourth-order valence-corrected chi connectivity index (χ4v) is 2.69. The number of nitrogens with one attached hydrogen (secondary N) is 2. The lowest BCUT2D eigenvalue weighted by atomic mass is 10.2. The highest BCUT2D eigenvalue weighted by Gasteiger charge is 2.13. The monoisotopic (exact) mass is 336 g/mol. The third-order valence-electron chi connectivity index (χ3n) is 3.22. The van der Waals surface area contributed by atoms with Crippen molar-refractivity contribution in [3.63, 3.8) is 0 Å². The first-order chi connectivity index (χ1) is 11.7. The van der Waals surface area contributed by atoms with Gasteiger partial charge in [-0.15, -0.1) is 0 Å². The molecule has 0 aliphatic carbocycles. The lowest BCUT2D eigenvalue weighted by molar-refractivity contribution is 0.102. The summed E-state index contributed by atoms with van der Waals surface area (Å²) in [6.45, 7) is 0. The van der Waals surface area contributed by atoms with Gasteiger partial charge in [0.05, 0.1) is 0 Å². The van der Waals surface area contributed by atoms with E-state index in [1.807, 2.05) is 36.4 Å². The summed E-state index contributed by atoms with van der Waals surface area (Å²) in [4.78, 5) is 12.2. The molecule has 1 amide bonds. The van der Waals surface area contributed by atoms with E-state index in [0.29, 0.717) is 16.3 Å². The quantitative estimate of drug-likeness (QED) is 0.674. The molecule has 0 saturated heterocycles. The number of hydrogen-bond donors (Lipinski definition) is 3. The number of para-hydroxylation sites is 1. The van der Waals surface area contributed by atoms with E-state index in [1.165, 1.54) is 0 Å². The number of hydrogen-bond acceptors (Lipinski definition) is 6. The zero-order valence-electron chi connectivity index (χ0n) is 12.4. The van der Waals surface area contributed by atoms with Gasteiger partial charge in [0.25, 0.3) is 5.91 Å². The molecule has 24 heavy (non-hydrogen) atoms. The number of amides is 1. The second kappa shape index (κ2) is 6.81. The molecule has 2 aromatic carbocycles. The number of benzene rings is 2. The van der Waals surface area contributed by atoms with Gasteiger partial charge in [0, 0.05) is 16.9 Å². The highest BCUT2D eigenvalue weighted by molar-refractivity contribution is 7.10. The van der Waals surface area contributed by atoms with Gasteiger partial charge in [0.15, 0.2) is 5.56 Å². The third kappa shape index (κ3) is 3.34. The topological polar surface area (TPSA) is 98.0 Å². The maximum atomic E-state index is 12.2. The summed E-state index contributed by atoms with van der Waals surface area (Å²) in [6, 6.07) is 17.9. The van der Waals surface area contributed by atoms with Gasteiger partial charge >= 0.3 is 0 Å². The first kappa shape index (κ1) is 15.5. The molecule has 0 radical (unpaired) electrons. The summed E-state index contributed by atoms with van der Waals surface area (Å²) in [5.41, 5.74) is 2.03. The Morgan fingerprint density at radius 2 is 1.79 bits per heavy atom. The number of anilines is 3. The normalized spacial score (nSPS) is 9.96.